The molecule has 0 saturated heterocycles. The predicted octanol–water partition coefficient (Wildman–Crippen LogP) is 6.22. The number of ether oxygens (including phenoxy) is 3. The molecule has 34 heavy (non-hydrogen) atoms. The van der Waals surface area contributed by atoms with E-state index in [4.69, 9.17) is 14.2 Å². The van der Waals surface area contributed by atoms with E-state index in [9.17, 15) is 14.7 Å². The van der Waals surface area contributed by atoms with E-state index in [1.54, 1.807) is 12.1 Å². The van der Waals surface area contributed by atoms with Gasteiger partial charge in [-0.1, -0.05) is 45.6 Å². The van der Waals surface area contributed by atoms with Crippen LogP contribution >= 0.6 is 0 Å². The van der Waals surface area contributed by atoms with Crippen LogP contribution in [0.5, 0.6) is 11.5 Å². The highest BCUT2D eigenvalue weighted by Gasteiger charge is 2.31. The molecule has 0 heterocycles. The average Bonchev–Trinajstić information content (AvgIpc) is 2.73. The summed E-state index contributed by atoms with van der Waals surface area (Å²) in [5.41, 5.74) is 0.985. The van der Waals surface area contributed by atoms with Gasteiger partial charge in [-0.05, 0) is 67.6 Å². The minimum atomic E-state index is -0.351. The zero-order chi connectivity index (χ0) is 25.1. The molecule has 0 bridgehead atoms. The molecule has 0 aromatic heterocycles. The van der Waals surface area contributed by atoms with Gasteiger partial charge in [-0.15, -0.1) is 0 Å². The number of aromatic hydroxyl groups is 1. The standard InChI is InChI=1S/C28H44O6/c1-19(2)15-23-9-7-6-8-10-24(16-23)27(34-21(4)30)18-25(33-20(3)29)13-11-22-12-14-26(31)28(17-22)32-5/h12,14,17,19,23-25,27,31H,6-11,13,15-16,18H2,1-5H3/t23-,24-,25-,27-/m1/s1. The number of esters is 2. The quantitative estimate of drug-likeness (QED) is 0.382. The van der Waals surface area contributed by atoms with Crippen molar-refractivity contribution in [2.24, 2.45) is 17.8 Å². The van der Waals surface area contributed by atoms with Crippen LogP contribution in [0.4, 0.5) is 0 Å². The van der Waals surface area contributed by atoms with Crippen LogP contribution in [0.1, 0.15) is 91.0 Å². The average molecular weight is 477 g/mol. The Morgan fingerprint density at radius 3 is 2.41 bits per heavy atom. The molecule has 2 rings (SSSR count). The second-order valence-corrected chi connectivity index (χ2v) is 10.3. The summed E-state index contributed by atoms with van der Waals surface area (Å²) in [6.07, 6.45) is 9.30. The first-order valence-corrected chi connectivity index (χ1v) is 12.9. The molecule has 0 unspecified atom stereocenters. The Hall–Kier alpha value is -2.24. The van der Waals surface area contributed by atoms with Gasteiger partial charge >= 0.3 is 11.9 Å². The van der Waals surface area contributed by atoms with Crippen molar-refractivity contribution in [1.82, 2.24) is 0 Å². The Kier molecular flexibility index (Phi) is 11.7. The van der Waals surface area contributed by atoms with Crippen LogP contribution in [0, 0.1) is 17.8 Å². The van der Waals surface area contributed by atoms with Crippen LogP contribution in [0.2, 0.25) is 0 Å². The Labute approximate surface area is 205 Å². The normalized spacial score (nSPS) is 20.6. The van der Waals surface area contributed by atoms with Gasteiger partial charge < -0.3 is 19.3 Å². The van der Waals surface area contributed by atoms with E-state index in [2.05, 4.69) is 13.8 Å². The van der Waals surface area contributed by atoms with Crippen molar-refractivity contribution < 1.29 is 28.9 Å². The summed E-state index contributed by atoms with van der Waals surface area (Å²) in [6, 6.07) is 5.26. The lowest BCUT2D eigenvalue weighted by Gasteiger charge is -2.34. The zero-order valence-corrected chi connectivity index (χ0v) is 21.7. The summed E-state index contributed by atoms with van der Waals surface area (Å²) in [5, 5.41) is 9.85. The summed E-state index contributed by atoms with van der Waals surface area (Å²) in [4.78, 5) is 23.9. The van der Waals surface area contributed by atoms with Gasteiger partial charge in [-0.3, -0.25) is 9.59 Å². The van der Waals surface area contributed by atoms with E-state index in [1.807, 2.05) is 6.07 Å². The molecule has 6 nitrogen and oxygen atoms in total. The van der Waals surface area contributed by atoms with E-state index in [-0.39, 0.29) is 35.8 Å². The van der Waals surface area contributed by atoms with Gasteiger partial charge in [-0.25, -0.2) is 0 Å². The Morgan fingerprint density at radius 2 is 1.76 bits per heavy atom. The highest BCUT2D eigenvalue weighted by molar-refractivity contribution is 5.66. The maximum atomic E-state index is 12.0. The van der Waals surface area contributed by atoms with Crippen molar-refractivity contribution in [2.45, 2.75) is 104 Å². The van der Waals surface area contributed by atoms with Crippen molar-refractivity contribution in [3.05, 3.63) is 23.8 Å². The summed E-state index contributed by atoms with van der Waals surface area (Å²) in [5.74, 6) is 1.47. The highest BCUT2D eigenvalue weighted by Crippen LogP contribution is 2.35. The fourth-order valence-electron chi connectivity index (χ4n) is 5.37. The lowest BCUT2D eigenvalue weighted by atomic mass is 9.77. The number of carbonyl (C=O) groups is 2. The van der Waals surface area contributed by atoms with Crippen molar-refractivity contribution in [1.29, 1.82) is 0 Å². The first kappa shape index (κ1) is 28.0. The van der Waals surface area contributed by atoms with Gasteiger partial charge in [0.2, 0.25) is 0 Å². The predicted molar refractivity (Wildman–Crippen MR) is 133 cm³/mol. The topological polar surface area (TPSA) is 82.1 Å². The number of phenolic OH excluding ortho intramolecular Hbond substituents is 1. The van der Waals surface area contributed by atoms with E-state index < -0.39 is 0 Å². The van der Waals surface area contributed by atoms with E-state index in [0.29, 0.717) is 36.8 Å². The molecule has 1 N–H and O–H groups in total. The molecule has 0 spiro atoms. The van der Waals surface area contributed by atoms with E-state index in [0.717, 1.165) is 24.8 Å². The van der Waals surface area contributed by atoms with Gasteiger partial charge in [0.1, 0.15) is 12.2 Å². The molecule has 1 aliphatic rings. The minimum absolute atomic E-state index is 0.0953. The Morgan fingerprint density at radius 1 is 1.06 bits per heavy atom. The van der Waals surface area contributed by atoms with Crippen molar-refractivity contribution in [3.8, 4) is 11.5 Å². The van der Waals surface area contributed by atoms with Gasteiger partial charge in [0.05, 0.1) is 7.11 Å². The lowest BCUT2D eigenvalue weighted by molar-refractivity contribution is -0.156. The number of rotatable bonds is 11. The summed E-state index contributed by atoms with van der Waals surface area (Å²) in [7, 11) is 1.52. The molecular formula is C28H44O6. The summed E-state index contributed by atoms with van der Waals surface area (Å²) >= 11 is 0. The fourth-order valence-corrected chi connectivity index (χ4v) is 5.37. The van der Waals surface area contributed by atoms with Gasteiger partial charge in [-0.2, -0.15) is 0 Å². The molecule has 1 saturated carbocycles. The third-order valence-electron chi connectivity index (χ3n) is 6.80. The van der Waals surface area contributed by atoms with E-state index >= 15 is 0 Å². The number of phenols is 1. The molecular weight excluding hydrogens is 432 g/mol. The van der Waals surface area contributed by atoms with Gasteiger partial charge in [0.15, 0.2) is 11.5 Å². The lowest BCUT2D eigenvalue weighted by Crippen LogP contribution is -2.34. The Balaban J connectivity index is 2.15. The molecule has 4 atom stereocenters. The Bertz CT molecular complexity index is 774. The number of benzene rings is 1. The van der Waals surface area contributed by atoms with E-state index in [1.165, 1.54) is 46.6 Å². The highest BCUT2D eigenvalue weighted by atomic mass is 16.6. The van der Waals surface area contributed by atoms with Gasteiger partial charge in [0.25, 0.3) is 0 Å². The summed E-state index contributed by atoms with van der Waals surface area (Å²) in [6.45, 7) is 7.43. The number of methoxy groups -OCH3 is 1. The molecule has 1 fully saturated rings. The SMILES string of the molecule is COc1cc(CC[C@H](C[C@@H](OC(C)=O)[C@@H]2CCCCC[C@H](CC(C)C)C2)OC(C)=O)ccc1O. The molecule has 1 aliphatic carbocycles. The third kappa shape index (κ3) is 9.94. The van der Waals surface area contributed by atoms with Crippen molar-refractivity contribution in [2.75, 3.05) is 7.11 Å². The van der Waals surface area contributed by atoms with Crippen LogP contribution < -0.4 is 4.74 Å². The monoisotopic (exact) mass is 476 g/mol. The van der Waals surface area contributed by atoms with Crippen molar-refractivity contribution >= 4 is 11.9 Å². The molecule has 1 aromatic rings. The third-order valence-corrected chi connectivity index (χ3v) is 6.80. The number of hydrogen-bond donors (Lipinski definition) is 1. The minimum Gasteiger partial charge on any atom is -0.504 e. The van der Waals surface area contributed by atoms with Crippen LogP contribution in [0.15, 0.2) is 18.2 Å². The van der Waals surface area contributed by atoms with Crippen LogP contribution in [0.3, 0.4) is 0 Å². The summed E-state index contributed by atoms with van der Waals surface area (Å²) < 4.78 is 16.8. The fraction of sp³-hybridized carbons (Fsp3) is 0.714. The molecule has 6 heteroatoms. The first-order chi connectivity index (χ1) is 16.2. The maximum Gasteiger partial charge on any atom is 0.302 e. The zero-order valence-electron chi connectivity index (χ0n) is 21.7. The van der Waals surface area contributed by atoms with Crippen LogP contribution in [0.25, 0.3) is 0 Å². The molecule has 0 aliphatic heterocycles. The smallest absolute Gasteiger partial charge is 0.302 e. The second kappa shape index (κ2) is 14.2. The maximum absolute atomic E-state index is 12.0. The van der Waals surface area contributed by atoms with Crippen LogP contribution in [-0.4, -0.2) is 36.4 Å². The molecule has 192 valence electrons. The molecule has 1 aromatic carbocycles. The number of hydrogen-bond acceptors (Lipinski definition) is 6. The molecule has 0 amide bonds. The first-order valence-electron chi connectivity index (χ1n) is 12.9. The van der Waals surface area contributed by atoms with Gasteiger partial charge in [0, 0.05) is 20.3 Å². The molecule has 0 radical (unpaired) electrons. The largest absolute Gasteiger partial charge is 0.504 e. The second-order valence-electron chi connectivity index (χ2n) is 10.3. The van der Waals surface area contributed by atoms with Crippen LogP contribution in [-0.2, 0) is 25.5 Å². The van der Waals surface area contributed by atoms with Crippen molar-refractivity contribution in [3.63, 3.8) is 0 Å². The number of carbonyl (C=O) groups excluding carboxylic acids is 2. The number of aryl methyl sites for hydroxylation is 1.